The molecule has 0 radical (unpaired) electrons. The zero-order chi connectivity index (χ0) is 13.1. The highest BCUT2D eigenvalue weighted by atomic mass is 16.3. The quantitative estimate of drug-likeness (QED) is 0.864. The Morgan fingerprint density at radius 3 is 2.33 bits per heavy atom. The van der Waals surface area contributed by atoms with Crippen molar-refractivity contribution < 1.29 is 5.11 Å². The zero-order valence-electron chi connectivity index (χ0n) is 11.8. The van der Waals surface area contributed by atoms with E-state index in [1.165, 1.54) is 24.8 Å². The van der Waals surface area contributed by atoms with Gasteiger partial charge in [-0.25, -0.2) is 0 Å². The molecule has 2 unspecified atom stereocenters. The summed E-state index contributed by atoms with van der Waals surface area (Å²) in [4.78, 5) is 2.34. The van der Waals surface area contributed by atoms with Crippen molar-refractivity contribution in [2.75, 3.05) is 7.05 Å². The lowest BCUT2D eigenvalue weighted by atomic mass is 9.89. The van der Waals surface area contributed by atoms with Crippen LogP contribution in [0, 0.1) is 0 Å². The van der Waals surface area contributed by atoms with Crippen LogP contribution in [0.4, 0.5) is 0 Å². The van der Waals surface area contributed by atoms with E-state index in [4.69, 9.17) is 0 Å². The lowest BCUT2D eigenvalue weighted by Gasteiger charge is -2.40. The van der Waals surface area contributed by atoms with Crippen LogP contribution >= 0.6 is 0 Å². The van der Waals surface area contributed by atoms with Crippen LogP contribution in [-0.4, -0.2) is 29.1 Å². The number of aliphatic hydroxyl groups excluding tert-OH is 1. The topological polar surface area (TPSA) is 23.5 Å². The third-order valence-electron chi connectivity index (χ3n) is 4.48. The normalized spacial score (nSPS) is 19.6. The second-order valence-electron chi connectivity index (χ2n) is 5.53. The van der Waals surface area contributed by atoms with Crippen molar-refractivity contribution in [1.82, 2.24) is 4.90 Å². The van der Waals surface area contributed by atoms with Gasteiger partial charge in [-0.15, -0.1) is 0 Å². The van der Waals surface area contributed by atoms with Gasteiger partial charge >= 0.3 is 0 Å². The molecule has 2 atom stereocenters. The molecule has 2 heteroatoms. The standard InChI is InChI=1S/C16H25NO/c1-4-13-8-10-14(11-9-13)16(18)12(2)17(3)15-6-5-7-15/h8-12,15-16,18H,4-7H2,1-3H3. The van der Waals surface area contributed by atoms with E-state index in [0.717, 1.165) is 12.0 Å². The van der Waals surface area contributed by atoms with Crippen molar-refractivity contribution in [2.24, 2.45) is 0 Å². The zero-order valence-corrected chi connectivity index (χ0v) is 11.8. The highest BCUT2D eigenvalue weighted by Gasteiger charge is 2.29. The van der Waals surface area contributed by atoms with Crippen molar-refractivity contribution in [3.63, 3.8) is 0 Å². The number of likely N-dealkylation sites (N-methyl/N-ethyl adjacent to an activating group) is 1. The minimum absolute atomic E-state index is 0.183. The third-order valence-corrected chi connectivity index (χ3v) is 4.48. The van der Waals surface area contributed by atoms with Crippen LogP contribution in [0.5, 0.6) is 0 Å². The summed E-state index contributed by atoms with van der Waals surface area (Å²) in [6, 6.07) is 9.22. The smallest absolute Gasteiger partial charge is 0.0942 e. The van der Waals surface area contributed by atoms with E-state index in [2.05, 4.69) is 50.1 Å². The SMILES string of the molecule is CCc1ccc(C(O)C(C)N(C)C2CCC2)cc1. The first-order valence-corrected chi connectivity index (χ1v) is 7.12. The number of aliphatic hydroxyl groups is 1. The number of aryl methyl sites for hydroxylation is 1. The number of hydrogen-bond acceptors (Lipinski definition) is 2. The van der Waals surface area contributed by atoms with Crippen LogP contribution < -0.4 is 0 Å². The van der Waals surface area contributed by atoms with Gasteiger partial charge in [-0.2, -0.15) is 0 Å². The summed E-state index contributed by atoms with van der Waals surface area (Å²) in [5, 5.41) is 10.4. The molecule has 1 fully saturated rings. The summed E-state index contributed by atoms with van der Waals surface area (Å²) < 4.78 is 0. The van der Waals surface area contributed by atoms with Crippen molar-refractivity contribution in [1.29, 1.82) is 0 Å². The predicted molar refractivity (Wildman–Crippen MR) is 75.6 cm³/mol. The first-order valence-electron chi connectivity index (χ1n) is 7.12. The van der Waals surface area contributed by atoms with Crippen LogP contribution in [0.3, 0.4) is 0 Å². The Balaban J connectivity index is 2.01. The molecule has 0 aliphatic heterocycles. The predicted octanol–water partition coefficient (Wildman–Crippen LogP) is 3.16. The minimum atomic E-state index is -0.387. The van der Waals surface area contributed by atoms with Crippen LogP contribution in [0.15, 0.2) is 24.3 Å². The Hall–Kier alpha value is -0.860. The molecule has 2 rings (SSSR count). The van der Waals surface area contributed by atoms with E-state index in [9.17, 15) is 5.11 Å². The Kier molecular flexibility index (Phi) is 4.41. The number of rotatable bonds is 5. The number of benzene rings is 1. The van der Waals surface area contributed by atoms with Gasteiger partial charge in [0.25, 0.3) is 0 Å². The molecule has 18 heavy (non-hydrogen) atoms. The molecular formula is C16H25NO. The fourth-order valence-corrected chi connectivity index (χ4v) is 2.58. The summed E-state index contributed by atoms with van der Waals surface area (Å²) in [6.07, 6.45) is 4.56. The molecule has 1 aliphatic carbocycles. The molecular weight excluding hydrogens is 222 g/mol. The molecule has 0 spiro atoms. The molecule has 0 saturated heterocycles. The van der Waals surface area contributed by atoms with Crippen LogP contribution in [0.1, 0.15) is 50.3 Å². The molecule has 1 N–H and O–H groups in total. The van der Waals surface area contributed by atoms with Gasteiger partial charge < -0.3 is 5.11 Å². The van der Waals surface area contributed by atoms with E-state index < -0.39 is 0 Å². The van der Waals surface area contributed by atoms with E-state index >= 15 is 0 Å². The first-order chi connectivity index (χ1) is 8.63. The van der Waals surface area contributed by atoms with Gasteiger partial charge in [-0.1, -0.05) is 37.6 Å². The summed E-state index contributed by atoms with van der Waals surface area (Å²) in [6.45, 7) is 4.27. The minimum Gasteiger partial charge on any atom is -0.387 e. The first kappa shape index (κ1) is 13.6. The van der Waals surface area contributed by atoms with Gasteiger partial charge in [0, 0.05) is 12.1 Å². The Bertz CT molecular complexity index is 369. The molecule has 0 amide bonds. The van der Waals surface area contributed by atoms with Crippen molar-refractivity contribution >= 4 is 0 Å². The number of nitrogens with zero attached hydrogens (tertiary/aromatic N) is 1. The van der Waals surface area contributed by atoms with E-state index in [-0.39, 0.29) is 12.1 Å². The van der Waals surface area contributed by atoms with Crippen molar-refractivity contribution in [3.05, 3.63) is 35.4 Å². The highest BCUT2D eigenvalue weighted by Crippen LogP contribution is 2.29. The van der Waals surface area contributed by atoms with Gasteiger partial charge in [0.1, 0.15) is 0 Å². The van der Waals surface area contributed by atoms with Gasteiger partial charge in [0.15, 0.2) is 0 Å². The fraction of sp³-hybridized carbons (Fsp3) is 0.625. The maximum Gasteiger partial charge on any atom is 0.0942 e. The van der Waals surface area contributed by atoms with Gasteiger partial charge in [0.05, 0.1) is 6.10 Å². The van der Waals surface area contributed by atoms with Crippen molar-refractivity contribution in [3.8, 4) is 0 Å². The monoisotopic (exact) mass is 247 g/mol. The summed E-state index contributed by atoms with van der Waals surface area (Å²) in [5.41, 5.74) is 2.36. The Morgan fingerprint density at radius 1 is 1.28 bits per heavy atom. The van der Waals surface area contributed by atoms with Crippen molar-refractivity contribution in [2.45, 2.75) is 57.7 Å². The van der Waals surface area contributed by atoms with Gasteiger partial charge in [-0.3, -0.25) is 4.90 Å². The van der Waals surface area contributed by atoms with E-state index in [1.807, 2.05) is 0 Å². The van der Waals surface area contributed by atoms with E-state index in [0.29, 0.717) is 6.04 Å². The second-order valence-corrected chi connectivity index (χ2v) is 5.53. The van der Waals surface area contributed by atoms with Crippen LogP contribution in [0.2, 0.25) is 0 Å². The second kappa shape index (κ2) is 5.85. The highest BCUT2D eigenvalue weighted by molar-refractivity contribution is 5.25. The molecule has 1 aliphatic rings. The average molecular weight is 247 g/mol. The molecule has 1 aromatic carbocycles. The molecule has 100 valence electrons. The summed E-state index contributed by atoms with van der Waals surface area (Å²) >= 11 is 0. The Morgan fingerprint density at radius 2 is 1.89 bits per heavy atom. The average Bonchev–Trinajstić information content (AvgIpc) is 2.35. The molecule has 2 nitrogen and oxygen atoms in total. The third kappa shape index (κ3) is 2.76. The van der Waals surface area contributed by atoms with E-state index in [1.54, 1.807) is 0 Å². The Labute approximate surface area is 111 Å². The van der Waals surface area contributed by atoms with Crippen LogP contribution in [0.25, 0.3) is 0 Å². The molecule has 0 heterocycles. The molecule has 1 aromatic rings. The lowest BCUT2D eigenvalue weighted by molar-refractivity contribution is 0.0268. The summed E-state index contributed by atoms with van der Waals surface area (Å²) in [7, 11) is 2.14. The fourth-order valence-electron chi connectivity index (χ4n) is 2.58. The molecule has 0 aromatic heterocycles. The number of hydrogen-bond donors (Lipinski definition) is 1. The van der Waals surface area contributed by atoms with Gasteiger partial charge in [-0.05, 0) is 44.4 Å². The molecule has 0 bridgehead atoms. The maximum atomic E-state index is 10.4. The van der Waals surface area contributed by atoms with Gasteiger partial charge in [0.2, 0.25) is 0 Å². The molecule has 1 saturated carbocycles. The maximum absolute atomic E-state index is 10.4. The summed E-state index contributed by atoms with van der Waals surface area (Å²) in [5.74, 6) is 0. The lowest BCUT2D eigenvalue weighted by Crippen LogP contribution is -2.45. The van der Waals surface area contributed by atoms with Crippen LogP contribution in [-0.2, 0) is 6.42 Å². The largest absolute Gasteiger partial charge is 0.387 e.